The second-order valence-electron chi connectivity index (χ2n) is 7.78. The molecule has 2 saturated carbocycles. The molecule has 0 spiro atoms. The summed E-state index contributed by atoms with van der Waals surface area (Å²) in [4.78, 5) is 16.9. The first-order valence-electron chi connectivity index (χ1n) is 9.79. The van der Waals surface area contributed by atoms with Crippen LogP contribution < -0.4 is 5.32 Å². The Morgan fingerprint density at radius 1 is 1.40 bits per heavy atom. The van der Waals surface area contributed by atoms with Crippen molar-refractivity contribution in [1.82, 2.24) is 0 Å². The van der Waals surface area contributed by atoms with Crippen LogP contribution in [0.3, 0.4) is 0 Å². The van der Waals surface area contributed by atoms with Crippen LogP contribution in [0, 0.1) is 5.41 Å². The molecule has 2 aliphatic rings. The molecular weight excluding hydrogens is 420 g/mol. The first-order valence-corrected chi connectivity index (χ1v) is 11.0. The SMILES string of the molecule is C=N/C(=C\C(=C)c1csc(-c2ccc(NC(=O)OC3CC3)cc2Cl)c1)C1(CO)CC1. The first kappa shape index (κ1) is 20.8. The molecule has 7 heteroatoms. The minimum atomic E-state index is -0.453. The molecule has 2 fully saturated rings. The van der Waals surface area contributed by atoms with Crippen LogP contribution in [0.5, 0.6) is 0 Å². The molecule has 30 heavy (non-hydrogen) atoms. The molecule has 0 atom stereocenters. The molecule has 156 valence electrons. The molecule has 0 unspecified atom stereocenters. The van der Waals surface area contributed by atoms with Crippen molar-refractivity contribution in [1.29, 1.82) is 0 Å². The van der Waals surface area contributed by atoms with Crippen molar-refractivity contribution in [2.75, 3.05) is 11.9 Å². The van der Waals surface area contributed by atoms with E-state index < -0.39 is 6.09 Å². The quantitative estimate of drug-likeness (QED) is 0.380. The van der Waals surface area contributed by atoms with Gasteiger partial charge in [-0.25, -0.2) is 4.79 Å². The van der Waals surface area contributed by atoms with Crippen LogP contribution >= 0.6 is 22.9 Å². The number of carbonyl (C=O) groups is 1. The molecule has 2 N–H and O–H groups in total. The van der Waals surface area contributed by atoms with Crippen LogP contribution in [0.1, 0.15) is 31.2 Å². The summed E-state index contributed by atoms with van der Waals surface area (Å²) in [6, 6.07) is 7.43. The Hall–Kier alpha value is -2.41. The summed E-state index contributed by atoms with van der Waals surface area (Å²) in [6.07, 6.45) is 5.20. The number of hydrogen-bond donors (Lipinski definition) is 2. The number of halogens is 1. The number of aliphatic hydroxyl groups is 1. The molecule has 1 aromatic heterocycles. The predicted octanol–water partition coefficient (Wildman–Crippen LogP) is 6.15. The molecule has 0 bridgehead atoms. The number of ether oxygens (including phenoxy) is 1. The maximum atomic E-state index is 11.8. The number of nitrogens with zero attached hydrogens (tertiary/aromatic N) is 1. The van der Waals surface area contributed by atoms with Gasteiger partial charge in [0.1, 0.15) is 6.10 Å². The Morgan fingerprint density at radius 2 is 2.17 bits per heavy atom. The normalized spacial score (nSPS) is 17.3. The first-order chi connectivity index (χ1) is 14.4. The van der Waals surface area contributed by atoms with Crippen molar-refractivity contribution in [2.45, 2.75) is 31.8 Å². The molecule has 4 rings (SSSR count). The molecule has 2 aromatic rings. The summed E-state index contributed by atoms with van der Waals surface area (Å²) >= 11 is 8.04. The van der Waals surface area contributed by atoms with Gasteiger partial charge in [0.05, 0.1) is 11.6 Å². The van der Waals surface area contributed by atoms with Gasteiger partial charge in [-0.3, -0.25) is 10.3 Å². The Bertz CT molecular complexity index is 1030. The third-order valence-electron chi connectivity index (χ3n) is 5.43. The lowest BCUT2D eigenvalue weighted by Crippen LogP contribution is -2.14. The molecule has 5 nitrogen and oxygen atoms in total. The average molecular weight is 443 g/mol. The highest BCUT2D eigenvalue weighted by Crippen LogP contribution is 2.52. The minimum absolute atomic E-state index is 0.0513. The van der Waals surface area contributed by atoms with Gasteiger partial charge in [-0.1, -0.05) is 18.2 Å². The van der Waals surface area contributed by atoms with Gasteiger partial charge in [-0.05, 0) is 79.3 Å². The second kappa shape index (κ2) is 8.38. The number of rotatable bonds is 8. The van der Waals surface area contributed by atoms with Gasteiger partial charge in [-0.2, -0.15) is 0 Å². The summed E-state index contributed by atoms with van der Waals surface area (Å²) in [6.45, 7) is 7.88. The molecule has 1 aromatic carbocycles. The number of hydrogen-bond acceptors (Lipinski definition) is 5. The Balaban J connectivity index is 1.48. The van der Waals surface area contributed by atoms with E-state index in [0.717, 1.165) is 53.0 Å². The number of aliphatic imine (C=N–C) groups is 1. The monoisotopic (exact) mass is 442 g/mol. The third kappa shape index (κ3) is 4.51. The van der Waals surface area contributed by atoms with E-state index in [-0.39, 0.29) is 18.1 Å². The van der Waals surface area contributed by atoms with E-state index in [1.54, 1.807) is 23.5 Å². The lowest BCUT2D eigenvalue weighted by Gasteiger charge is -2.12. The van der Waals surface area contributed by atoms with E-state index in [9.17, 15) is 9.90 Å². The fraction of sp³-hybridized carbons (Fsp3) is 0.304. The van der Waals surface area contributed by atoms with Gasteiger partial charge >= 0.3 is 6.09 Å². The molecule has 0 saturated heterocycles. The smallest absolute Gasteiger partial charge is 0.411 e. The molecule has 0 aliphatic heterocycles. The van der Waals surface area contributed by atoms with Crippen LogP contribution in [-0.4, -0.2) is 30.6 Å². The summed E-state index contributed by atoms with van der Waals surface area (Å²) in [5, 5.41) is 14.9. The van der Waals surface area contributed by atoms with E-state index in [2.05, 4.69) is 23.6 Å². The zero-order valence-electron chi connectivity index (χ0n) is 16.5. The van der Waals surface area contributed by atoms with E-state index in [0.29, 0.717) is 10.7 Å². The summed E-state index contributed by atoms with van der Waals surface area (Å²) in [5.41, 5.74) is 3.79. The van der Waals surface area contributed by atoms with Gasteiger partial charge in [0.25, 0.3) is 0 Å². The topological polar surface area (TPSA) is 70.9 Å². The fourth-order valence-corrected chi connectivity index (χ4v) is 4.50. The van der Waals surface area contributed by atoms with Crippen molar-refractivity contribution in [3.8, 4) is 10.4 Å². The molecular formula is C23H23ClN2O3S. The van der Waals surface area contributed by atoms with Crippen molar-refractivity contribution < 1.29 is 14.6 Å². The second-order valence-corrected chi connectivity index (χ2v) is 9.09. The predicted molar refractivity (Wildman–Crippen MR) is 123 cm³/mol. The maximum absolute atomic E-state index is 11.8. The maximum Gasteiger partial charge on any atom is 0.411 e. The number of anilines is 1. The number of allylic oxidation sites excluding steroid dienone is 2. The van der Waals surface area contributed by atoms with Gasteiger partial charge < -0.3 is 9.84 Å². The highest BCUT2D eigenvalue weighted by Gasteiger charge is 2.45. The highest BCUT2D eigenvalue weighted by molar-refractivity contribution is 7.13. The lowest BCUT2D eigenvalue weighted by atomic mass is 10.00. The Kier molecular flexibility index (Phi) is 5.82. The zero-order chi connectivity index (χ0) is 21.3. The van der Waals surface area contributed by atoms with Gasteiger partial charge in [-0.15, -0.1) is 11.3 Å². The highest BCUT2D eigenvalue weighted by atomic mass is 35.5. The van der Waals surface area contributed by atoms with Crippen molar-refractivity contribution in [3.63, 3.8) is 0 Å². The number of aliphatic hydroxyl groups excluding tert-OH is 1. The van der Waals surface area contributed by atoms with E-state index in [1.807, 2.05) is 23.6 Å². The fourth-order valence-electron chi connectivity index (χ4n) is 3.18. The largest absolute Gasteiger partial charge is 0.446 e. The average Bonchev–Trinajstić information content (AvgIpc) is 3.65. The lowest BCUT2D eigenvalue weighted by molar-refractivity contribution is 0.154. The Labute approximate surface area is 184 Å². The van der Waals surface area contributed by atoms with Crippen LogP contribution in [0.15, 0.2) is 53.0 Å². The number of carbonyl (C=O) groups excluding carboxylic acids is 1. The summed E-state index contributed by atoms with van der Waals surface area (Å²) < 4.78 is 5.19. The summed E-state index contributed by atoms with van der Waals surface area (Å²) in [7, 11) is 0. The molecule has 2 aliphatic carbocycles. The number of benzene rings is 1. The number of amides is 1. The van der Waals surface area contributed by atoms with Crippen molar-refractivity contribution >= 4 is 47.0 Å². The van der Waals surface area contributed by atoms with Crippen LogP contribution in [-0.2, 0) is 4.74 Å². The van der Waals surface area contributed by atoms with Gasteiger partial charge in [0.2, 0.25) is 0 Å². The van der Waals surface area contributed by atoms with Crippen molar-refractivity contribution in [3.05, 3.63) is 58.6 Å². The zero-order valence-corrected chi connectivity index (χ0v) is 18.1. The van der Waals surface area contributed by atoms with Gasteiger partial charge in [0, 0.05) is 27.2 Å². The number of thiophene rings is 1. The molecule has 1 heterocycles. The van der Waals surface area contributed by atoms with Gasteiger partial charge in [0.15, 0.2) is 0 Å². The van der Waals surface area contributed by atoms with Crippen molar-refractivity contribution in [2.24, 2.45) is 10.4 Å². The minimum Gasteiger partial charge on any atom is -0.446 e. The number of nitrogens with one attached hydrogen (secondary N) is 1. The molecule has 0 radical (unpaired) electrons. The Morgan fingerprint density at radius 3 is 2.77 bits per heavy atom. The van der Waals surface area contributed by atoms with Crippen LogP contribution in [0.4, 0.5) is 10.5 Å². The van der Waals surface area contributed by atoms with E-state index in [4.69, 9.17) is 16.3 Å². The van der Waals surface area contributed by atoms with Crippen LogP contribution in [0.25, 0.3) is 16.0 Å². The van der Waals surface area contributed by atoms with E-state index in [1.165, 1.54) is 0 Å². The summed E-state index contributed by atoms with van der Waals surface area (Å²) in [5.74, 6) is 0. The molecule has 1 amide bonds. The standard InChI is InChI=1S/C23H23ClN2O3S/c1-14(9-21(25-2)23(13-27)7-8-23)15-10-20(30-12-15)18-6-3-16(11-19(18)24)26-22(28)29-17-4-5-17/h3,6,9-12,17,27H,1-2,4-5,7-8,13H2,(H,26,28)/b21-9-. The van der Waals surface area contributed by atoms with E-state index >= 15 is 0 Å². The third-order valence-corrected chi connectivity index (χ3v) is 6.71. The van der Waals surface area contributed by atoms with Crippen LogP contribution in [0.2, 0.25) is 5.02 Å².